The highest BCUT2D eigenvalue weighted by Gasteiger charge is 2.34. The van der Waals surface area contributed by atoms with Crippen molar-refractivity contribution in [3.05, 3.63) is 22.2 Å². The highest BCUT2D eigenvalue weighted by atomic mass is 79.9. The van der Waals surface area contributed by atoms with Crippen LogP contribution in [0.4, 0.5) is 0 Å². The Morgan fingerprint density at radius 3 is 2.52 bits per heavy atom. The maximum absolute atomic E-state index is 11.6. The van der Waals surface area contributed by atoms with E-state index in [9.17, 15) is 8.42 Å². The predicted molar refractivity (Wildman–Crippen MR) is 83.4 cm³/mol. The van der Waals surface area contributed by atoms with Gasteiger partial charge in [-0.2, -0.15) is 0 Å². The quantitative estimate of drug-likeness (QED) is 0.855. The number of ether oxygens (including phenoxy) is 2. The Morgan fingerprint density at radius 2 is 1.90 bits per heavy atom. The highest BCUT2D eigenvalue weighted by Crippen LogP contribution is 2.40. The molecular formula is C14H18BrNO4S. The van der Waals surface area contributed by atoms with Gasteiger partial charge in [0.25, 0.3) is 0 Å². The van der Waals surface area contributed by atoms with Crippen molar-refractivity contribution >= 4 is 25.8 Å². The van der Waals surface area contributed by atoms with Gasteiger partial charge in [-0.15, -0.1) is 0 Å². The number of sulfone groups is 1. The molecule has 0 bridgehead atoms. The first-order chi connectivity index (χ1) is 9.96. The number of benzene rings is 1. The second-order valence-electron chi connectivity index (χ2n) is 5.56. The van der Waals surface area contributed by atoms with Gasteiger partial charge in [0.2, 0.25) is 0 Å². The standard InChI is InChI=1S/C14H18BrNO4S/c15-11-7-13-12(19-3-1-4-20-13)6-10(11)14(16)9-2-5-21(17,18)8-9/h6-7,9,14H,1-5,8,16H2. The SMILES string of the molecule is NC(c1cc2c(cc1Br)OCCCO2)C1CCS(=O)(=O)C1. The topological polar surface area (TPSA) is 78.6 Å². The molecule has 2 aliphatic heterocycles. The number of halogens is 1. The third kappa shape index (κ3) is 3.19. The first-order valence-electron chi connectivity index (χ1n) is 7.01. The second-order valence-corrected chi connectivity index (χ2v) is 8.64. The van der Waals surface area contributed by atoms with Gasteiger partial charge in [-0.05, 0) is 30.0 Å². The smallest absolute Gasteiger partial charge is 0.162 e. The summed E-state index contributed by atoms with van der Waals surface area (Å²) in [5.41, 5.74) is 7.18. The van der Waals surface area contributed by atoms with Crippen molar-refractivity contribution in [2.24, 2.45) is 11.7 Å². The summed E-state index contributed by atoms with van der Waals surface area (Å²) in [6.45, 7) is 1.24. The van der Waals surface area contributed by atoms with Gasteiger partial charge < -0.3 is 15.2 Å². The van der Waals surface area contributed by atoms with E-state index in [0.717, 1.165) is 16.5 Å². The van der Waals surface area contributed by atoms with Crippen LogP contribution in [0.3, 0.4) is 0 Å². The van der Waals surface area contributed by atoms with Crippen molar-refractivity contribution in [1.29, 1.82) is 0 Å². The van der Waals surface area contributed by atoms with Gasteiger partial charge in [0.1, 0.15) is 0 Å². The fourth-order valence-electron chi connectivity index (χ4n) is 2.82. The van der Waals surface area contributed by atoms with Crippen LogP contribution in [0.15, 0.2) is 16.6 Å². The Labute approximate surface area is 132 Å². The minimum absolute atomic E-state index is 0.0453. The number of hydrogen-bond acceptors (Lipinski definition) is 5. The van der Waals surface area contributed by atoms with Crippen LogP contribution in [0.25, 0.3) is 0 Å². The molecule has 21 heavy (non-hydrogen) atoms. The Kier molecular flexibility index (Phi) is 4.16. The molecule has 3 rings (SSSR count). The third-order valence-corrected chi connectivity index (χ3v) is 6.48. The van der Waals surface area contributed by atoms with Crippen molar-refractivity contribution in [2.75, 3.05) is 24.7 Å². The molecule has 2 aliphatic rings. The minimum atomic E-state index is -2.94. The molecular weight excluding hydrogens is 358 g/mol. The molecule has 2 atom stereocenters. The highest BCUT2D eigenvalue weighted by molar-refractivity contribution is 9.10. The first-order valence-corrected chi connectivity index (χ1v) is 9.63. The summed E-state index contributed by atoms with van der Waals surface area (Å²) in [6, 6.07) is 3.41. The summed E-state index contributed by atoms with van der Waals surface area (Å²) in [5, 5.41) is 0. The van der Waals surface area contributed by atoms with E-state index in [1.807, 2.05) is 12.1 Å². The Bertz CT molecular complexity index is 647. The maximum atomic E-state index is 11.6. The van der Waals surface area contributed by atoms with Gasteiger partial charge >= 0.3 is 0 Å². The molecule has 2 unspecified atom stereocenters. The zero-order chi connectivity index (χ0) is 15.0. The van der Waals surface area contributed by atoms with Crippen molar-refractivity contribution in [2.45, 2.75) is 18.9 Å². The van der Waals surface area contributed by atoms with Gasteiger partial charge in [0.15, 0.2) is 21.3 Å². The van der Waals surface area contributed by atoms with Crippen molar-refractivity contribution in [1.82, 2.24) is 0 Å². The van der Waals surface area contributed by atoms with Gasteiger partial charge in [-0.3, -0.25) is 0 Å². The van der Waals surface area contributed by atoms with Gasteiger partial charge in [-0.25, -0.2) is 8.42 Å². The zero-order valence-corrected chi connectivity index (χ0v) is 14.0. The fourth-order valence-corrected chi connectivity index (χ4v) is 5.26. The van der Waals surface area contributed by atoms with E-state index < -0.39 is 9.84 Å². The Hall–Kier alpha value is -0.790. The van der Waals surface area contributed by atoms with E-state index in [0.29, 0.717) is 31.1 Å². The van der Waals surface area contributed by atoms with Crippen LogP contribution in [0.5, 0.6) is 11.5 Å². The minimum Gasteiger partial charge on any atom is -0.490 e. The second kappa shape index (κ2) is 5.78. The van der Waals surface area contributed by atoms with Crippen LogP contribution >= 0.6 is 15.9 Å². The molecule has 0 saturated carbocycles. The molecule has 1 aromatic rings. The largest absolute Gasteiger partial charge is 0.490 e. The molecule has 116 valence electrons. The first kappa shape index (κ1) is 15.1. The van der Waals surface area contributed by atoms with Crippen LogP contribution in [0.1, 0.15) is 24.4 Å². The third-order valence-electron chi connectivity index (χ3n) is 4.00. The van der Waals surface area contributed by atoms with Gasteiger partial charge in [-0.1, -0.05) is 15.9 Å². The monoisotopic (exact) mass is 375 g/mol. The van der Waals surface area contributed by atoms with E-state index in [1.165, 1.54) is 0 Å². The summed E-state index contributed by atoms with van der Waals surface area (Å²) < 4.78 is 35.4. The lowest BCUT2D eigenvalue weighted by molar-refractivity contribution is 0.297. The summed E-state index contributed by atoms with van der Waals surface area (Å²) in [7, 11) is -2.94. The summed E-state index contributed by atoms with van der Waals surface area (Å²) in [5.74, 6) is 1.73. The molecule has 5 nitrogen and oxygen atoms in total. The lowest BCUT2D eigenvalue weighted by Gasteiger charge is -2.21. The molecule has 7 heteroatoms. The molecule has 2 heterocycles. The van der Waals surface area contributed by atoms with Gasteiger partial charge in [0.05, 0.1) is 24.7 Å². The number of fused-ring (bicyclic) bond motifs is 1. The van der Waals surface area contributed by atoms with E-state index in [4.69, 9.17) is 15.2 Å². The molecule has 1 aromatic carbocycles. The van der Waals surface area contributed by atoms with E-state index >= 15 is 0 Å². The van der Waals surface area contributed by atoms with E-state index in [2.05, 4.69) is 15.9 Å². The molecule has 0 aliphatic carbocycles. The molecule has 2 N–H and O–H groups in total. The molecule has 0 amide bonds. The van der Waals surface area contributed by atoms with Crippen LogP contribution in [0.2, 0.25) is 0 Å². The summed E-state index contributed by atoms with van der Waals surface area (Å²) >= 11 is 3.51. The normalized spacial score (nSPS) is 25.3. The van der Waals surface area contributed by atoms with Crippen molar-refractivity contribution < 1.29 is 17.9 Å². The van der Waals surface area contributed by atoms with Crippen LogP contribution in [-0.2, 0) is 9.84 Å². The zero-order valence-electron chi connectivity index (χ0n) is 11.5. The Balaban J connectivity index is 1.90. The maximum Gasteiger partial charge on any atom is 0.162 e. The molecule has 0 radical (unpaired) electrons. The van der Waals surface area contributed by atoms with E-state index in [1.54, 1.807) is 0 Å². The van der Waals surface area contributed by atoms with Crippen LogP contribution in [0, 0.1) is 5.92 Å². The number of rotatable bonds is 2. The fraction of sp³-hybridized carbons (Fsp3) is 0.571. The lowest BCUT2D eigenvalue weighted by atomic mass is 9.93. The van der Waals surface area contributed by atoms with E-state index in [-0.39, 0.29) is 23.5 Å². The average Bonchev–Trinajstić information content (AvgIpc) is 2.66. The summed E-state index contributed by atoms with van der Waals surface area (Å²) in [4.78, 5) is 0. The van der Waals surface area contributed by atoms with Crippen molar-refractivity contribution in [3.8, 4) is 11.5 Å². The van der Waals surface area contributed by atoms with Gasteiger partial charge in [0, 0.05) is 16.9 Å². The lowest BCUT2D eigenvalue weighted by Crippen LogP contribution is -2.23. The molecule has 0 aromatic heterocycles. The number of hydrogen-bond donors (Lipinski definition) is 1. The summed E-state index contributed by atoms with van der Waals surface area (Å²) in [6.07, 6.45) is 1.46. The van der Waals surface area contributed by atoms with Crippen molar-refractivity contribution in [3.63, 3.8) is 0 Å². The van der Waals surface area contributed by atoms with Crippen LogP contribution < -0.4 is 15.2 Å². The molecule has 0 spiro atoms. The predicted octanol–water partition coefficient (Wildman–Crippen LogP) is 2.04. The Morgan fingerprint density at radius 1 is 1.24 bits per heavy atom. The molecule has 1 saturated heterocycles. The average molecular weight is 376 g/mol. The number of nitrogens with two attached hydrogens (primary N) is 1. The molecule has 1 fully saturated rings. The van der Waals surface area contributed by atoms with Crippen LogP contribution in [-0.4, -0.2) is 33.1 Å².